The standard InChI is InChI=1S/C25H23ClN2O3/c1-25(24(30)27-16-18-8-4-6-10-22(18)31-2)15-17-7-3-5-9-21(17)23(29)28(25)20-13-11-19(26)12-14-20/h3-14H,15-16H2,1-2H3,(H,27,30). The Bertz CT molecular complexity index is 1130. The van der Waals surface area contributed by atoms with E-state index in [1.54, 1.807) is 49.3 Å². The van der Waals surface area contributed by atoms with Gasteiger partial charge in [-0.15, -0.1) is 0 Å². The quantitative estimate of drug-likeness (QED) is 0.637. The normalized spacial score (nSPS) is 17.8. The summed E-state index contributed by atoms with van der Waals surface area (Å²) in [6.45, 7) is 2.09. The Hall–Kier alpha value is -3.31. The molecule has 1 aliphatic rings. The third-order valence-corrected chi connectivity index (χ3v) is 5.94. The molecule has 0 saturated heterocycles. The fraction of sp³-hybridized carbons (Fsp3) is 0.200. The number of carbonyl (C=O) groups is 2. The Morgan fingerprint density at radius 1 is 1.06 bits per heavy atom. The average molecular weight is 435 g/mol. The summed E-state index contributed by atoms with van der Waals surface area (Å²) in [5.74, 6) is 0.253. The van der Waals surface area contributed by atoms with Gasteiger partial charge in [0.25, 0.3) is 5.91 Å². The lowest BCUT2D eigenvalue weighted by molar-refractivity contribution is -0.126. The van der Waals surface area contributed by atoms with Crippen molar-refractivity contribution in [3.63, 3.8) is 0 Å². The number of para-hydroxylation sites is 1. The SMILES string of the molecule is COc1ccccc1CNC(=O)C1(C)Cc2ccccc2C(=O)N1c1ccc(Cl)cc1. The molecule has 3 aromatic carbocycles. The minimum atomic E-state index is -1.11. The van der Waals surface area contributed by atoms with Gasteiger partial charge in [-0.1, -0.05) is 48.0 Å². The van der Waals surface area contributed by atoms with Crippen LogP contribution >= 0.6 is 11.6 Å². The van der Waals surface area contributed by atoms with Crippen LogP contribution in [0.3, 0.4) is 0 Å². The van der Waals surface area contributed by atoms with Crippen molar-refractivity contribution in [2.45, 2.75) is 25.4 Å². The molecule has 5 nitrogen and oxygen atoms in total. The zero-order valence-corrected chi connectivity index (χ0v) is 18.1. The van der Waals surface area contributed by atoms with E-state index in [0.29, 0.717) is 35.0 Å². The van der Waals surface area contributed by atoms with Crippen molar-refractivity contribution < 1.29 is 14.3 Å². The van der Waals surface area contributed by atoms with Gasteiger partial charge in [-0.25, -0.2) is 0 Å². The van der Waals surface area contributed by atoms with Crippen molar-refractivity contribution in [3.8, 4) is 5.75 Å². The first kappa shape index (κ1) is 20.9. The zero-order valence-electron chi connectivity index (χ0n) is 17.4. The van der Waals surface area contributed by atoms with Crippen LogP contribution in [0.1, 0.15) is 28.4 Å². The molecule has 6 heteroatoms. The molecule has 0 saturated carbocycles. The summed E-state index contributed by atoms with van der Waals surface area (Å²) in [4.78, 5) is 28.6. The van der Waals surface area contributed by atoms with E-state index in [9.17, 15) is 9.59 Å². The first-order valence-corrected chi connectivity index (χ1v) is 10.4. The number of anilines is 1. The van der Waals surface area contributed by atoms with E-state index in [2.05, 4.69) is 5.32 Å². The van der Waals surface area contributed by atoms with Crippen LogP contribution in [0.4, 0.5) is 5.69 Å². The summed E-state index contributed by atoms with van der Waals surface area (Å²) in [6, 6.07) is 21.9. The van der Waals surface area contributed by atoms with Gasteiger partial charge in [-0.2, -0.15) is 0 Å². The maximum absolute atomic E-state index is 13.5. The Kier molecular flexibility index (Phi) is 5.70. The summed E-state index contributed by atoms with van der Waals surface area (Å²) in [6.07, 6.45) is 0.398. The van der Waals surface area contributed by atoms with Crippen LogP contribution in [0.2, 0.25) is 5.02 Å². The van der Waals surface area contributed by atoms with E-state index in [-0.39, 0.29) is 11.8 Å². The molecule has 3 aromatic rings. The van der Waals surface area contributed by atoms with Gasteiger partial charge in [0.2, 0.25) is 5.91 Å². The van der Waals surface area contributed by atoms with Crippen molar-refractivity contribution >= 4 is 29.1 Å². The van der Waals surface area contributed by atoms with Crippen LogP contribution in [-0.2, 0) is 17.8 Å². The Morgan fingerprint density at radius 3 is 2.48 bits per heavy atom. The second-order valence-corrected chi connectivity index (χ2v) is 8.16. The van der Waals surface area contributed by atoms with Gasteiger partial charge in [0.1, 0.15) is 11.3 Å². The maximum Gasteiger partial charge on any atom is 0.259 e. The number of rotatable bonds is 5. The summed E-state index contributed by atoms with van der Waals surface area (Å²) in [5, 5.41) is 3.57. The fourth-order valence-corrected chi connectivity index (χ4v) is 4.19. The van der Waals surface area contributed by atoms with Crippen LogP contribution in [0.15, 0.2) is 72.8 Å². The first-order valence-electron chi connectivity index (χ1n) is 10.0. The van der Waals surface area contributed by atoms with E-state index in [1.165, 1.54) is 0 Å². The Morgan fingerprint density at radius 2 is 1.74 bits per heavy atom. The number of fused-ring (bicyclic) bond motifs is 1. The molecule has 31 heavy (non-hydrogen) atoms. The van der Waals surface area contributed by atoms with Gasteiger partial charge in [-0.05, 0) is 48.9 Å². The summed E-state index contributed by atoms with van der Waals surface area (Å²) in [5.41, 5.74) is 1.84. The van der Waals surface area contributed by atoms with Crippen molar-refractivity contribution in [3.05, 3.63) is 94.5 Å². The molecule has 1 atom stereocenters. The molecule has 2 amide bonds. The molecule has 0 aromatic heterocycles. The molecule has 158 valence electrons. The molecule has 0 radical (unpaired) electrons. The highest BCUT2D eigenvalue weighted by molar-refractivity contribution is 6.30. The molecule has 1 unspecified atom stereocenters. The van der Waals surface area contributed by atoms with E-state index >= 15 is 0 Å². The number of benzene rings is 3. The number of ether oxygens (including phenoxy) is 1. The van der Waals surface area contributed by atoms with Gasteiger partial charge < -0.3 is 10.1 Å². The third kappa shape index (κ3) is 3.89. The highest BCUT2D eigenvalue weighted by Crippen LogP contribution is 2.36. The molecule has 0 fully saturated rings. The molecule has 1 heterocycles. The lowest BCUT2D eigenvalue weighted by Crippen LogP contribution is -2.63. The highest BCUT2D eigenvalue weighted by Gasteiger charge is 2.47. The maximum atomic E-state index is 13.5. The topological polar surface area (TPSA) is 58.6 Å². The second kappa shape index (κ2) is 8.44. The lowest BCUT2D eigenvalue weighted by atomic mass is 9.82. The summed E-state index contributed by atoms with van der Waals surface area (Å²) < 4.78 is 5.39. The highest BCUT2D eigenvalue weighted by atomic mass is 35.5. The van der Waals surface area contributed by atoms with E-state index < -0.39 is 5.54 Å². The first-order chi connectivity index (χ1) is 14.9. The Labute approximate surface area is 186 Å². The molecular weight excluding hydrogens is 412 g/mol. The molecule has 4 rings (SSSR count). The van der Waals surface area contributed by atoms with E-state index in [1.807, 2.05) is 42.5 Å². The predicted octanol–water partition coefficient (Wildman–Crippen LogP) is 4.63. The molecular formula is C25H23ClN2O3. The number of hydrogen-bond acceptors (Lipinski definition) is 3. The number of methoxy groups -OCH3 is 1. The van der Waals surface area contributed by atoms with Crippen molar-refractivity contribution in [2.24, 2.45) is 0 Å². The van der Waals surface area contributed by atoms with Gasteiger partial charge in [0.15, 0.2) is 0 Å². The number of halogens is 1. The lowest BCUT2D eigenvalue weighted by Gasteiger charge is -2.44. The largest absolute Gasteiger partial charge is 0.496 e. The smallest absolute Gasteiger partial charge is 0.259 e. The minimum absolute atomic E-state index is 0.209. The average Bonchev–Trinajstić information content (AvgIpc) is 2.79. The second-order valence-electron chi connectivity index (χ2n) is 7.72. The van der Waals surface area contributed by atoms with Gasteiger partial charge in [0, 0.05) is 34.8 Å². The van der Waals surface area contributed by atoms with E-state index in [0.717, 1.165) is 11.1 Å². The summed E-state index contributed by atoms with van der Waals surface area (Å²) >= 11 is 6.05. The van der Waals surface area contributed by atoms with Crippen LogP contribution in [0.5, 0.6) is 5.75 Å². The number of amides is 2. The van der Waals surface area contributed by atoms with Crippen molar-refractivity contribution in [1.82, 2.24) is 5.32 Å². The molecule has 1 N–H and O–H groups in total. The molecule has 0 aliphatic carbocycles. The van der Waals surface area contributed by atoms with Gasteiger partial charge in [0.05, 0.1) is 7.11 Å². The number of hydrogen-bond donors (Lipinski definition) is 1. The summed E-state index contributed by atoms with van der Waals surface area (Å²) in [7, 11) is 1.60. The fourth-order valence-electron chi connectivity index (χ4n) is 4.07. The van der Waals surface area contributed by atoms with E-state index in [4.69, 9.17) is 16.3 Å². The van der Waals surface area contributed by atoms with Crippen LogP contribution in [0.25, 0.3) is 0 Å². The van der Waals surface area contributed by atoms with Crippen molar-refractivity contribution in [2.75, 3.05) is 12.0 Å². The van der Waals surface area contributed by atoms with Gasteiger partial charge >= 0.3 is 0 Å². The minimum Gasteiger partial charge on any atom is -0.496 e. The predicted molar refractivity (Wildman–Crippen MR) is 122 cm³/mol. The molecule has 1 aliphatic heterocycles. The number of nitrogens with one attached hydrogen (secondary N) is 1. The molecule has 0 spiro atoms. The zero-order chi connectivity index (χ0) is 22.0. The third-order valence-electron chi connectivity index (χ3n) is 5.68. The van der Waals surface area contributed by atoms with Crippen molar-refractivity contribution in [1.29, 1.82) is 0 Å². The van der Waals surface area contributed by atoms with Gasteiger partial charge in [-0.3, -0.25) is 14.5 Å². The molecule has 0 bridgehead atoms. The number of nitrogens with zero attached hydrogens (tertiary/aromatic N) is 1. The van der Waals surface area contributed by atoms with Crippen LogP contribution in [0, 0.1) is 0 Å². The van der Waals surface area contributed by atoms with Crippen LogP contribution in [-0.4, -0.2) is 24.5 Å². The Balaban J connectivity index is 1.70. The number of carbonyl (C=O) groups excluding carboxylic acids is 2. The monoisotopic (exact) mass is 434 g/mol. The van der Waals surface area contributed by atoms with Crippen LogP contribution < -0.4 is 15.0 Å².